The van der Waals surface area contributed by atoms with Gasteiger partial charge in [0.25, 0.3) is 15.2 Å². The van der Waals surface area contributed by atoms with E-state index in [-0.39, 0.29) is 42.3 Å². The van der Waals surface area contributed by atoms with Crippen LogP contribution in [0.4, 0.5) is 13.2 Å². The van der Waals surface area contributed by atoms with E-state index in [9.17, 15) is 21.6 Å². The first-order valence-electron chi connectivity index (χ1n) is 8.42. The van der Waals surface area contributed by atoms with Gasteiger partial charge in [0.1, 0.15) is 12.7 Å². The molecular formula is C15H16F3N7O2S. The van der Waals surface area contributed by atoms with Crippen LogP contribution >= 0.6 is 0 Å². The fourth-order valence-corrected chi connectivity index (χ4v) is 4.96. The van der Waals surface area contributed by atoms with Crippen molar-refractivity contribution in [2.45, 2.75) is 30.1 Å². The van der Waals surface area contributed by atoms with Crippen LogP contribution in [0.25, 0.3) is 5.65 Å². The minimum Gasteiger partial charge on any atom is -0.306 e. The van der Waals surface area contributed by atoms with Gasteiger partial charge in [0, 0.05) is 26.3 Å². The van der Waals surface area contributed by atoms with Gasteiger partial charge < -0.3 is 4.57 Å². The van der Waals surface area contributed by atoms with Gasteiger partial charge in [-0.3, -0.25) is 0 Å². The molecule has 0 aliphatic carbocycles. The average molecular weight is 415 g/mol. The van der Waals surface area contributed by atoms with Crippen molar-refractivity contribution >= 4 is 15.7 Å². The lowest BCUT2D eigenvalue weighted by atomic mass is 9.88. The van der Waals surface area contributed by atoms with Crippen LogP contribution in [-0.2, 0) is 23.2 Å². The van der Waals surface area contributed by atoms with E-state index >= 15 is 0 Å². The van der Waals surface area contributed by atoms with Gasteiger partial charge in [-0.05, 0) is 30.4 Å². The summed E-state index contributed by atoms with van der Waals surface area (Å²) < 4.78 is 69.8. The SMILES string of the molecule is Cn1cnnc1S(=O)(=O)N1CCC(c2cn3ncnc3cc2C(F)(F)F)CC1. The van der Waals surface area contributed by atoms with Gasteiger partial charge in [0.2, 0.25) is 0 Å². The highest BCUT2D eigenvalue weighted by Gasteiger charge is 2.39. The molecule has 150 valence electrons. The third kappa shape index (κ3) is 3.13. The molecule has 0 amide bonds. The molecule has 0 saturated carbocycles. The maximum Gasteiger partial charge on any atom is 0.416 e. The van der Waals surface area contributed by atoms with Crippen molar-refractivity contribution in [1.82, 2.24) is 33.7 Å². The van der Waals surface area contributed by atoms with Gasteiger partial charge in [-0.25, -0.2) is 17.9 Å². The standard InChI is InChI=1S/C15H16F3N7O2S/c1-23-9-20-22-14(23)28(26,27)24-4-2-10(3-5-24)11-7-25-13(19-8-21-25)6-12(11)15(16,17)18/h6-10H,2-5H2,1H3. The van der Waals surface area contributed by atoms with Gasteiger partial charge in [0.05, 0.1) is 5.56 Å². The summed E-state index contributed by atoms with van der Waals surface area (Å²) in [6.45, 7) is 0.180. The van der Waals surface area contributed by atoms with Gasteiger partial charge >= 0.3 is 6.18 Å². The summed E-state index contributed by atoms with van der Waals surface area (Å²) in [4.78, 5) is 3.81. The van der Waals surface area contributed by atoms with Crippen molar-refractivity contribution < 1.29 is 21.6 Å². The van der Waals surface area contributed by atoms with Crippen LogP contribution in [0, 0.1) is 0 Å². The third-order valence-electron chi connectivity index (χ3n) is 4.89. The summed E-state index contributed by atoms with van der Waals surface area (Å²) in [5.74, 6) is -0.448. The van der Waals surface area contributed by atoms with Crippen molar-refractivity contribution in [2.75, 3.05) is 13.1 Å². The van der Waals surface area contributed by atoms with Crippen LogP contribution in [0.15, 0.2) is 30.1 Å². The number of sulfonamides is 1. The number of aryl methyl sites for hydroxylation is 1. The summed E-state index contributed by atoms with van der Waals surface area (Å²) in [5, 5.41) is 10.9. The molecule has 4 rings (SSSR count). The maximum absolute atomic E-state index is 13.6. The van der Waals surface area contributed by atoms with E-state index in [4.69, 9.17) is 0 Å². The normalized spacial score (nSPS) is 17.4. The fraction of sp³-hybridized carbons (Fsp3) is 0.467. The number of nitrogens with zero attached hydrogens (tertiary/aromatic N) is 7. The number of aromatic nitrogens is 6. The number of rotatable bonds is 3. The second-order valence-corrected chi connectivity index (χ2v) is 8.44. The Morgan fingerprint density at radius 1 is 1.21 bits per heavy atom. The molecule has 3 aromatic rings. The Balaban J connectivity index is 1.61. The van der Waals surface area contributed by atoms with Gasteiger partial charge in [-0.2, -0.15) is 22.6 Å². The van der Waals surface area contributed by atoms with E-state index in [0.717, 1.165) is 6.07 Å². The molecule has 13 heteroatoms. The number of piperidine rings is 1. The largest absolute Gasteiger partial charge is 0.416 e. The van der Waals surface area contributed by atoms with Crippen molar-refractivity contribution in [1.29, 1.82) is 0 Å². The lowest BCUT2D eigenvalue weighted by Crippen LogP contribution is -2.39. The minimum atomic E-state index is -4.54. The zero-order chi connectivity index (χ0) is 20.1. The predicted molar refractivity (Wildman–Crippen MR) is 89.7 cm³/mol. The number of hydrogen-bond donors (Lipinski definition) is 0. The molecule has 28 heavy (non-hydrogen) atoms. The summed E-state index contributed by atoms with van der Waals surface area (Å²) in [6.07, 6.45) is -0.230. The van der Waals surface area contributed by atoms with E-state index < -0.39 is 27.7 Å². The van der Waals surface area contributed by atoms with Gasteiger partial charge in [-0.15, -0.1) is 10.2 Å². The molecule has 0 aromatic carbocycles. The number of fused-ring (bicyclic) bond motifs is 1. The number of hydrogen-bond acceptors (Lipinski definition) is 6. The third-order valence-corrected chi connectivity index (χ3v) is 6.76. The highest BCUT2D eigenvalue weighted by Crippen LogP contribution is 2.39. The Morgan fingerprint density at radius 3 is 2.54 bits per heavy atom. The van der Waals surface area contributed by atoms with E-state index in [0.29, 0.717) is 0 Å². The quantitative estimate of drug-likeness (QED) is 0.642. The Morgan fingerprint density at radius 2 is 1.93 bits per heavy atom. The minimum absolute atomic E-state index is 0.0898. The van der Waals surface area contributed by atoms with Gasteiger partial charge in [0.15, 0.2) is 5.65 Å². The summed E-state index contributed by atoms with van der Waals surface area (Å²) in [7, 11) is -2.33. The van der Waals surface area contributed by atoms with Crippen molar-refractivity contribution in [3.05, 3.63) is 36.0 Å². The van der Waals surface area contributed by atoms with Crippen LogP contribution in [0.2, 0.25) is 0 Å². The number of halogens is 3. The monoisotopic (exact) mass is 415 g/mol. The fourth-order valence-electron chi connectivity index (χ4n) is 3.48. The zero-order valence-corrected chi connectivity index (χ0v) is 15.5. The highest BCUT2D eigenvalue weighted by molar-refractivity contribution is 7.89. The molecule has 0 atom stereocenters. The predicted octanol–water partition coefficient (Wildman–Crippen LogP) is 1.44. The molecule has 0 unspecified atom stereocenters. The first-order valence-corrected chi connectivity index (χ1v) is 9.86. The Hall–Kier alpha value is -2.54. The lowest BCUT2D eigenvalue weighted by Gasteiger charge is -2.32. The molecule has 1 fully saturated rings. The number of pyridine rings is 1. The van der Waals surface area contributed by atoms with E-state index in [2.05, 4.69) is 20.3 Å². The van der Waals surface area contributed by atoms with E-state index in [1.165, 1.54) is 39.3 Å². The van der Waals surface area contributed by atoms with Crippen molar-refractivity contribution in [2.24, 2.45) is 7.05 Å². The molecule has 3 aromatic heterocycles. The first kappa shape index (κ1) is 18.8. The summed E-state index contributed by atoms with van der Waals surface area (Å²) >= 11 is 0. The van der Waals surface area contributed by atoms with Crippen LogP contribution in [0.3, 0.4) is 0 Å². The molecule has 0 N–H and O–H groups in total. The molecule has 9 nitrogen and oxygen atoms in total. The topological polar surface area (TPSA) is 98.3 Å². The zero-order valence-electron chi connectivity index (χ0n) is 14.7. The van der Waals surface area contributed by atoms with Crippen LogP contribution in [0.5, 0.6) is 0 Å². The average Bonchev–Trinajstić information content (AvgIpc) is 3.28. The van der Waals surface area contributed by atoms with E-state index in [1.807, 2.05) is 0 Å². The van der Waals surface area contributed by atoms with Crippen LogP contribution < -0.4 is 0 Å². The molecule has 0 spiro atoms. The Kier molecular flexibility index (Phi) is 4.38. The van der Waals surface area contributed by atoms with Crippen LogP contribution in [0.1, 0.15) is 29.9 Å². The Bertz CT molecular complexity index is 1110. The summed E-state index contributed by atoms with van der Waals surface area (Å²) in [6, 6.07) is 0.977. The molecular weight excluding hydrogens is 399 g/mol. The van der Waals surface area contributed by atoms with Gasteiger partial charge in [-0.1, -0.05) is 0 Å². The molecule has 4 heterocycles. The molecule has 0 radical (unpaired) electrons. The number of alkyl halides is 3. The van der Waals surface area contributed by atoms with E-state index in [1.54, 1.807) is 0 Å². The first-order chi connectivity index (χ1) is 13.2. The smallest absolute Gasteiger partial charge is 0.306 e. The van der Waals surface area contributed by atoms with Crippen LogP contribution in [-0.4, -0.2) is 55.2 Å². The van der Waals surface area contributed by atoms with Crippen molar-refractivity contribution in [3.8, 4) is 0 Å². The second kappa shape index (κ2) is 6.51. The molecule has 1 aliphatic rings. The summed E-state index contributed by atoms with van der Waals surface area (Å²) in [5.41, 5.74) is -0.554. The Labute approximate surface area is 157 Å². The second-order valence-electron chi connectivity index (χ2n) is 6.61. The maximum atomic E-state index is 13.6. The lowest BCUT2D eigenvalue weighted by molar-refractivity contribution is -0.138. The molecule has 1 aliphatic heterocycles. The molecule has 1 saturated heterocycles. The molecule has 0 bridgehead atoms. The van der Waals surface area contributed by atoms with Crippen molar-refractivity contribution in [3.63, 3.8) is 0 Å². The highest BCUT2D eigenvalue weighted by atomic mass is 32.2.